The van der Waals surface area contributed by atoms with Crippen molar-refractivity contribution in [3.8, 4) is 0 Å². The fourth-order valence-electron chi connectivity index (χ4n) is 1.26. The van der Waals surface area contributed by atoms with Crippen LogP contribution in [0.25, 0.3) is 0 Å². The second-order valence-corrected chi connectivity index (χ2v) is 2.93. The average Bonchev–Trinajstić information content (AvgIpc) is 1.84. The van der Waals surface area contributed by atoms with Gasteiger partial charge in [-0.25, -0.2) is 0 Å². The lowest BCUT2D eigenvalue weighted by atomic mass is 10.2. The quantitative estimate of drug-likeness (QED) is 0.484. The molecule has 1 aliphatic heterocycles. The van der Waals surface area contributed by atoms with E-state index in [1.807, 2.05) is 4.90 Å². The van der Waals surface area contributed by atoms with E-state index in [2.05, 4.69) is 12.2 Å². The van der Waals surface area contributed by atoms with Crippen LogP contribution in [0.3, 0.4) is 0 Å². The highest BCUT2D eigenvalue weighted by molar-refractivity contribution is 5.73. The Bertz CT molecular complexity index is 163. The van der Waals surface area contributed by atoms with E-state index >= 15 is 0 Å². The van der Waals surface area contributed by atoms with Crippen molar-refractivity contribution in [1.29, 1.82) is 0 Å². The molecule has 0 N–H and O–H groups in total. The van der Waals surface area contributed by atoms with E-state index in [1.54, 1.807) is 6.92 Å². The van der Waals surface area contributed by atoms with Crippen LogP contribution in [0.15, 0.2) is 12.2 Å². The Hall–Kier alpha value is -0.790. The van der Waals surface area contributed by atoms with Crippen LogP contribution in [0.2, 0.25) is 0 Å². The van der Waals surface area contributed by atoms with Crippen LogP contribution in [0.5, 0.6) is 0 Å². The standard InChI is InChI=1S/C9H15NO/c1-9(11)10-7-5-3-2-4-6-8-10/h3,5H,2,4,6-8H2,1H3. The van der Waals surface area contributed by atoms with Crippen molar-refractivity contribution < 1.29 is 4.79 Å². The summed E-state index contributed by atoms with van der Waals surface area (Å²) in [7, 11) is 0. The molecule has 0 aromatic heterocycles. The number of rotatable bonds is 0. The van der Waals surface area contributed by atoms with Crippen LogP contribution in [-0.4, -0.2) is 23.9 Å². The molecular formula is C9H15NO. The lowest BCUT2D eigenvalue weighted by Crippen LogP contribution is -2.30. The number of carbonyl (C=O) groups excluding carboxylic acids is 1. The summed E-state index contributed by atoms with van der Waals surface area (Å²) >= 11 is 0. The van der Waals surface area contributed by atoms with E-state index in [9.17, 15) is 4.79 Å². The van der Waals surface area contributed by atoms with Crippen LogP contribution in [0, 0.1) is 0 Å². The summed E-state index contributed by atoms with van der Waals surface area (Å²) < 4.78 is 0. The normalized spacial score (nSPS) is 19.2. The number of hydrogen-bond acceptors (Lipinski definition) is 1. The molecule has 2 nitrogen and oxygen atoms in total. The van der Waals surface area contributed by atoms with Crippen molar-refractivity contribution in [3.63, 3.8) is 0 Å². The van der Waals surface area contributed by atoms with Gasteiger partial charge in [0.1, 0.15) is 0 Å². The Morgan fingerprint density at radius 1 is 1.36 bits per heavy atom. The third-order valence-corrected chi connectivity index (χ3v) is 1.99. The zero-order chi connectivity index (χ0) is 8.10. The molecule has 0 aromatic rings. The molecule has 1 rings (SSSR count). The first-order valence-corrected chi connectivity index (χ1v) is 4.21. The predicted octanol–water partition coefficient (Wildman–Crippen LogP) is 1.58. The molecule has 0 aliphatic carbocycles. The van der Waals surface area contributed by atoms with Gasteiger partial charge in [0.2, 0.25) is 5.91 Å². The predicted molar refractivity (Wildman–Crippen MR) is 45.2 cm³/mol. The molecule has 0 aromatic carbocycles. The molecule has 11 heavy (non-hydrogen) atoms. The third kappa shape index (κ3) is 2.74. The van der Waals surface area contributed by atoms with Crippen LogP contribution in [0.4, 0.5) is 0 Å². The first-order chi connectivity index (χ1) is 5.30. The smallest absolute Gasteiger partial charge is 0.219 e. The van der Waals surface area contributed by atoms with Crippen molar-refractivity contribution in [2.45, 2.75) is 26.2 Å². The summed E-state index contributed by atoms with van der Waals surface area (Å²) in [4.78, 5) is 12.8. The fourth-order valence-corrected chi connectivity index (χ4v) is 1.26. The van der Waals surface area contributed by atoms with Crippen LogP contribution >= 0.6 is 0 Å². The fraction of sp³-hybridized carbons (Fsp3) is 0.667. The highest BCUT2D eigenvalue weighted by atomic mass is 16.2. The number of amides is 1. The largest absolute Gasteiger partial charge is 0.339 e. The molecule has 0 saturated heterocycles. The van der Waals surface area contributed by atoms with E-state index in [1.165, 1.54) is 12.8 Å². The summed E-state index contributed by atoms with van der Waals surface area (Å²) in [6.45, 7) is 3.37. The molecule has 0 saturated carbocycles. The van der Waals surface area contributed by atoms with Gasteiger partial charge < -0.3 is 4.90 Å². The molecule has 1 amide bonds. The van der Waals surface area contributed by atoms with Crippen LogP contribution in [0.1, 0.15) is 26.2 Å². The topological polar surface area (TPSA) is 20.3 Å². The van der Waals surface area contributed by atoms with Crippen molar-refractivity contribution in [2.24, 2.45) is 0 Å². The van der Waals surface area contributed by atoms with Crippen LogP contribution < -0.4 is 0 Å². The zero-order valence-electron chi connectivity index (χ0n) is 7.05. The first kappa shape index (κ1) is 8.31. The molecule has 2 heteroatoms. The molecule has 0 radical (unpaired) electrons. The number of hydrogen-bond donors (Lipinski definition) is 0. The van der Waals surface area contributed by atoms with Gasteiger partial charge in [0.05, 0.1) is 0 Å². The molecule has 0 unspecified atom stereocenters. The zero-order valence-corrected chi connectivity index (χ0v) is 7.05. The minimum atomic E-state index is 0.191. The number of nitrogens with zero attached hydrogens (tertiary/aromatic N) is 1. The Balaban J connectivity index is 2.45. The maximum Gasteiger partial charge on any atom is 0.219 e. The van der Waals surface area contributed by atoms with Gasteiger partial charge in [-0.3, -0.25) is 4.79 Å². The minimum Gasteiger partial charge on any atom is -0.339 e. The summed E-state index contributed by atoms with van der Waals surface area (Å²) in [6, 6.07) is 0. The Kier molecular flexibility index (Phi) is 3.14. The second-order valence-electron chi connectivity index (χ2n) is 2.93. The molecule has 1 aliphatic rings. The Morgan fingerprint density at radius 3 is 2.91 bits per heavy atom. The van der Waals surface area contributed by atoms with E-state index in [-0.39, 0.29) is 5.91 Å². The van der Waals surface area contributed by atoms with Gasteiger partial charge in [-0.15, -0.1) is 0 Å². The van der Waals surface area contributed by atoms with E-state index < -0.39 is 0 Å². The Morgan fingerprint density at radius 2 is 2.18 bits per heavy atom. The highest BCUT2D eigenvalue weighted by Gasteiger charge is 2.06. The van der Waals surface area contributed by atoms with E-state index in [0.29, 0.717) is 0 Å². The monoisotopic (exact) mass is 153 g/mol. The summed E-state index contributed by atoms with van der Waals surface area (Å²) in [6.07, 6.45) is 7.77. The van der Waals surface area contributed by atoms with Gasteiger partial charge >= 0.3 is 0 Å². The van der Waals surface area contributed by atoms with Gasteiger partial charge in [0.25, 0.3) is 0 Å². The van der Waals surface area contributed by atoms with Crippen molar-refractivity contribution in [3.05, 3.63) is 12.2 Å². The van der Waals surface area contributed by atoms with Gasteiger partial charge in [-0.2, -0.15) is 0 Å². The molecular weight excluding hydrogens is 138 g/mol. The average molecular weight is 153 g/mol. The van der Waals surface area contributed by atoms with E-state index in [0.717, 1.165) is 19.5 Å². The van der Waals surface area contributed by atoms with Gasteiger partial charge in [-0.05, 0) is 19.3 Å². The lowest BCUT2D eigenvalue weighted by Gasteiger charge is -2.20. The SMILES string of the molecule is CC(=O)N1CC=CCCCC1. The lowest BCUT2D eigenvalue weighted by molar-refractivity contribution is -0.128. The van der Waals surface area contributed by atoms with Crippen LogP contribution in [-0.2, 0) is 4.79 Å². The van der Waals surface area contributed by atoms with Gasteiger partial charge in [0.15, 0.2) is 0 Å². The molecule has 0 bridgehead atoms. The second kappa shape index (κ2) is 4.16. The van der Waals surface area contributed by atoms with Crippen molar-refractivity contribution in [2.75, 3.05) is 13.1 Å². The maximum atomic E-state index is 11.0. The summed E-state index contributed by atoms with van der Waals surface area (Å²) in [5, 5.41) is 0. The number of allylic oxidation sites excluding steroid dienone is 1. The first-order valence-electron chi connectivity index (χ1n) is 4.21. The van der Waals surface area contributed by atoms with Crippen molar-refractivity contribution >= 4 is 5.91 Å². The maximum absolute atomic E-state index is 11.0. The Labute approximate surface area is 67.9 Å². The van der Waals surface area contributed by atoms with Gasteiger partial charge in [-0.1, -0.05) is 12.2 Å². The molecule has 62 valence electrons. The van der Waals surface area contributed by atoms with Crippen molar-refractivity contribution in [1.82, 2.24) is 4.90 Å². The molecule has 0 fully saturated rings. The minimum absolute atomic E-state index is 0.191. The van der Waals surface area contributed by atoms with Gasteiger partial charge in [0, 0.05) is 20.0 Å². The summed E-state index contributed by atoms with van der Waals surface area (Å²) in [5.74, 6) is 0.191. The molecule has 0 atom stereocenters. The highest BCUT2D eigenvalue weighted by Crippen LogP contribution is 2.04. The molecule has 0 spiro atoms. The molecule has 1 heterocycles. The summed E-state index contributed by atoms with van der Waals surface area (Å²) in [5.41, 5.74) is 0. The third-order valence-electron chi connectivity index (χ3n) is 1.99. The van der Waals surface area contributed by atoms with E-state index in [4.69, 9.17) is 0 Å². The number of carbonyl (C=O) groups is 1.